The normalized spacial score (nSPS) is 16.0. The molecule has 1 aromatic rings. The Morgan fingerprint density at radius 3 is 2.83 bits per heavy atom. The van der Waals surface area contributed by atoms with E-state index in [1.54, 1.807) is 0 Å². The molecule has 0 aromatic carbocycles. The molecular weight excluding hydrogens is 298 g/mol. The SMILES string of the molecule is CC(C)(C)OC(=O)c1nc(Br)n2c1CCNCC2. The van der Waals surface area contributed by atoms with E-state index >= 15 is 0 Å². The van der Waals surface area contributed by atoms with Gasteiger partial charge in [0.1, 0.15) is 5.60 Å². The summed E-state index contributed by atoms with van der Waals surface area (Å²) in [6, 6.07) is 0. The summed E-state index contributed by atoms with van der Waals surface area (Å²) in [7, 11) is 0. The molecule has 0 saturated heterocycles. The van der Waals surface area contributed by atoms with Crippen LogP contribution in [-0.4, -0.2) is 34.2 Å². The van der Waals surface area contributed by atoms with E-state index in [-0.39, 0.29) is 5.97 Å². The summed E-state index contributed by atoms with van der Waals surface area (Å²) in [5.41, 5.74) is 0.880. The fourth-order valence-electron chi connectivity index (χ4n) is 1.95. The minimum Gasteiger partial charge on any atom is -0.455 e. The lowest BCUT2D eigenvalue weighted by Gasteiger charge is -2.19. The molecule has 0 aliphatic carbocycles. The Bertz CT molecular complexity index is 463. The number of hydrogen-bond donors (Lipinski definition) is 1. The molecule has 0 saturated carbocycles. The highest BCUT2D eigenvalue weighted by atomic mass is 79.9. The summed E-state index contributed by atoms with van der Waals surface area (Å²) in [5.74, 6) is -0.348. The lowest BCUT2D eigenvalue weighted by molar-refractivity contribution is 0.00619. The molecule has 6 heteroatoms. The number of halogens is 1. The van der Waals surface area contributed by atoms with Crippen LogP contribution in [0.5, 0.6) is 0 Å². The van der Waals surface area contributed by atoms with Gasteiger partial charge in [-0.25, -0.2) is 9.78 Å². The van der Waals surface area contributed by atoms with Crippen molar-refractivity contribution >= 4 is 21.9 Å². The summed E-state index contributed by atoms with van der Waals surface area (Å²) >= 11 is 3.40. The highest BCUT2D eigenvalue weighted by Gasteiger charge is 2.26. The third-order valence-electron chi connectivity index (χ3n) is 2.67. The minimum absolute atomic E-state index is 0.348. The largest absolute Gasteiger partial charge is 0.455 e. The molecule has 2 heterocycles. The van der Waals surface area contributed by atoms with Gasteiger partial charge < -0.3 is 14.6 Å². The van der Waals surface area contributed by atoms with Crippen molar-refractivity contribution in [3.8, 4) is 0 Å². The Kier molecular flexibility index (Phi) is 3.77. The summed E-state index contributed by atoms with van der Waals surface area (Å²) in [6.07, 6.45) is 0.785. The third-order valence-corrected chi connectivity index (χ3v) is 3.27. The van der Waals surface area contributed by atoms with Crippen LogP contribution < -0.4 is 5.32 Å². The maximum atomic E-state index is 12.1. The second-order valence-electron chi connectivity index (χ2n) is 5.33. The molecule has 100 valence electrons. The standard InChI is InChI=1S/C12H18BrN3O2/c1-12(2,3)18-10(17)9-8-4-5-14-6-7-16(8)11(13)15-9/h14H,4-7H2,1-3H3. The third kappa shape index (κ3) is 2.92. The maximum Gasteiger partial charge on any atom is 0.359 e. The van der Waals surface area contributed by atoms with Crippen molar-refractivity contribution in [2.24, 2.45) is 0 Å². The van der Waals surface area contributed by atoms with Gasteiger partial charge in [-0.05, 0) is 36.7 Å². The Balaban J connectivity index is 2.31. The Morgan fingerprint density at radius 1 is 1.44 bits per heavy atom. The van der Waals surface area contributed by atoms with Crippen LogP contribution in [0.2, 0.25) is 0 Å². The van der Waals surface area contributed by atoms with Gasteiger partial charge >= 0.3 is 5.97 Å². The molecule has 2 rings (SSSR count). The van der Waals surface area contributed by atoms with Crippen LogP contribution in [0.1, 0.15) is 37.0 Å². The first-order valence-corrected chi connectivity index (χ1v) is 6.87. The molecule has 0 radical (unpaired) electrons. The highest BCUT2D eigenvalue weighted by Crippen LogP contribution is 2.21. The number of imidazole rings is 1. The predicted octanol–water partition coefficient (Wildman–Crippen LogP) is 1.75. The first-order valence-electron chi connectivity index (χ1n) is 6.07. The van der Waals surface area contributed by atoms with Crippen molar-refractivity contribution in [1.29, 1.82) is 0 Å². The summed E-state index contributed by atoms with van der Waals surface area (Å²) in [5, 5.41) is 3.30. The molecule has 1 N–H and O–H groups in total. The molecule has 5 nitrogen and oxygen atoms in total. The van der Waals surface area contributed by atoms with Gasteiger partial charge in [0.2, 0.25) is 0 Å². The van der Waals surface area contributed by atoms with Gasteiger partial charge in [0.15, 0.2) is 10.4 Å². The van der Waals surface area contributed by atoms with Crippen molar-refractivity contribution in [1.82, 2.24) is 14.9 Å². The maximum absolute atomic E-state index is 12.1. The number of nitrogens with zero attached hydrogens (tertiary/aromatic N) is 2. The lowest BCUT2D eigenvalue weighted by atomic mass is 10.2. The Morgan fingerprint density at radius 2 is 2.17 bits per heavy atom. The van der Waals surface area contributed by atoms with Gasteiger partial charge in [-0.2, -0.15) is 0 Å². The molecule has 18 heavy (non-hydrogen) atoms. The average Bonchev–Trinajstić information content (AvgIpc) is 2.46. The van der Waals surface area contributed by atoms with Crippen LogP contribution in [0.15, 0.2) is 4.73 Å². The predicted molar refractivity (Wildman–Crippen MR) is 71.7 cm³/mol. The van der Waals surface area contributed by atoms with Crippen LogP contribution in [-0.2, 0) is 17.7 Å². The van der Waals surface area contributed by atoms with E-state index in [4.69, 9.17) is 4.74 Å². The number of nitrogens with one attached hydrogen (secondary N) is 1. The van der Waals surface area contributed by atoms with E-state index in [1.165, 1.54) is 0 Å². The van der Waals surface area contributed by atoms with Crippen molar-refractivity contribution < 1.29 is 9.53 Å². The molecule has 1 aliphatic heterocycles. The van der Waals surface area contributed by atoms with Crippen molar-refractivity contribution in [3.05, 3.63) is 16.1 Å². The Hall–Kier alpha value is -0.880. The van der Waals surface area contributed by atoms with E-state index < -0.39 is 5.60 Å². The minimum atomic E-state index is -0.497. The van der Waals surface area contributed by atoms with Crippen molar-refractivity contribution in [2.45, 2.75) is 39.3 Å². The molecule has 0 amide bonds. The molecule has 1 aromatic heterocycles. The molecule has 0 spiro atoms. The van der Waals surface area contributed by atoms with Crippen LogP contribution in [0.25, 0.3) is 0 Å². The van der Waals surface area contributed by atoms with Crippen LogP contribution in [0.4, 0.5) is 0 Å². The zero-order valence-corrected chi connectivity index (χ0v) is 12.5. The molecule has 1 aliphatic rings. The first kappa shape index (κ1) is 13.5. The van der Waals surface area contributed by atoms with Crippen LogP contribution in [0.3, 0.4) is 0 Å². The summed E-state index contributed by atoms with van der Waals surface area (Å²) in [4.78, 5) is 16.4. The van der Waals surface area contributed by atoms with Gasteiger partial charge in [0.25, 0.3) is 0 Å². The van der Waals surface area contributed by atoms with Gasteiger partial charge in [0.05, 0.1) is 5.69 Å². The zero-order chi connectivity index (χ0) is 13.3. The molecule has 0 fully saturated rings. The van der Waals surface area contributed by atoms with Crippen LogP contribution in [0, 0.1) is 0 Å². The fourth-order valence-corrected chi connectivity index (χ4v) is 2.52. The molecule has 0 unspecified atom stereocenters. The second kappa shape index (κ2) is 5.01. The van der Waals surface area contributed by atoms with Gasteiger partial charge in [0, 0.05) is 26.1 Å². The number of rotatable bonds is 1. The number of aromatic nitrogens is 2. The van der Waals surface area contributed by atoms with E-state index in [2.05, 4.69) is 26.2 Å². The van der Waals surface area contributed by atoms with E-state index in [1.807, 2.05) is 25.3 Å². The number of hydrogen-bond acceptors (Lipinski definition) is 4. The quantitative estimate of drug-likeness (QED) is 0.802. The topological polar surface area (TPSA) is 56.1 Å². The van der Waals surface area contributed by atoms with Crippen molar-refractivity contribution in [3.63, 3.8) is 0 Å². The number of esters is 1. The zero-order valence-electron chi connectivity index (χ0n) is 10.9. The van der Waals surface area contributed by atoms with Crippen molar-refractivity contribution in [2.75, 3.05) is 13.1 Å². The fraction of sp³-hybridized carbons (Fsp3) is 0.667. The number of carbonyl (C=O) groups excluding carboxylic acids is 1. The lowest BCUT2D eigenvalue weighted by Crippen LogP contribution is -2.25. The molecule has 0 bridgehead atoms. The van der Waals surface area contributed by atoms with Gasteiger partial charge in [-0.15, -0.1) is 0 Å². The monoisotopic (exact) mass is 315 g/mol. The van der Waals surface area contributed by atoms with E-state index in [0.717, 1.165) is 31.7 Å². The summed E-state index contributed by atoms with van der Waals surface area (Å²) in [6.45, 7) is 8.12. The molecule has 0 atom stereocenters. The second-order valence-corrected chi connectivity index (χ2v) is 6.04. The van der Waals surface area contributed by atoms with E-state index in [9.17, 15) is 4.79 Å². The summed E-state index contributed by atoms with van der Waals surface area (Å²) < 4.78 is 8.11. The number of ether oxygens (including phenoxy) is 1. The smallest absolute Gasteiger partial charge is 0.359 e. The van der Waals surface area contributed by atoms with Gasteiger partial charge in [-0.3, -0.25) is 0 Å². The first-order chi connectivity index (χ1) is 8.38. The van der Waals surface area contributed by atoms with Gasteiger partial charge in [-0.1, -0.05) is 0 Å². The Labute approximate surface area is 115 Å². The van der Waals surface area contributed by atoms with E-state index in [0.29, 0.717) is 10.4 Å². The highest BCUT2D eigenvalue weighted by molar-refractivity contribution is 9.10. The van der Waals surface area contributed by atoms with Crippen LogP contribution >= 0.6 is 15.9 Å². The number of fused-ring (bicyclic) bond motifs is 1. The molecular formula is C12H18BrN3O2. The number of carbonyl (C=O) groups is 1. The average molecular weight is 316 g/mol.